The van der Waals surface area contributed by atoms with Crippen molar-refractivity contribution in [2.75, 3.05) is 26.2 Å². The standard InChI is InChI=1S/C22H23FN4O2/c1-16-24-21(29-25-16)18-5-7-19(8-6-18)22(28)27-12-2-11-26(13-14-27)15-17-3-9-20(23)10-4-17/h3-10H,2,11-15H2,1H3. The van der Waals surface area contributed by atoms with Gasteiger partial charge in [-0.25, -0.2) is 4.39 Å². The van der Waals surface area contributed by atoms with E-state index in [-0.39, 0.29) is 11.7 Å². The summed E-state index contributed by atoms with van der Waals surface area (Å²) in [5, 5.41) is 3.79. The largest absolute Gasteiger partial charge is 0.337 e. The molecule has 6 nitrogen and oxygen atoms in total. The van der Waals surface area contributed by atoms with E-state index in [1.54, 1.807) is 19.1 Å². The number of rotatable bonds is 4. The first-order valence-electron chi connectivity index (χ1n) is 9.75. The summed E-state index contributed by atoms with van der Waals surface area (Å²) in [7, 11) is 0. The van der Waals surface area contributed by atoms with E-state index in [2.05, 4.69) is 15.0 Å². The molecule has 0 bridgehead atoms. The summed E-state index contributed by atoms with van der Waals surface area (Å²) in [6.07, 6.45) is 0.909. The van der Waals surface area contributed by atoms with Crippen LogP contribution in [0.3, 0.4) is 0 Å². The van der Waals surface area contributed by atoms with Crippen LogP contribution in [0.5, 0.6) is 0 Å². The molecule has 1 aromatic heterocycles. The number of amides is 1. The highest BCUT2D eigenvalue weighted by molar-refractivity contribution is 5.94. The Morgan fingerprint density at radius 3 is 2.48 bits per heavy atom. The van der Waals surface area contributed by atoms with E-state index in [0.29, 0.717) is 23.8 Å². The van der Waals surface area contributed by atoms with Crippen molar-refractivity contribution in [3.05, 3.63) is 71.3 Å². The number of nitrogens with zero attached hydrogens (tertiary/aromatic N) is 4. The van der Waals surface area contributed by atoms with Crippen LogP contribution >= 0.6 is 0 Å². The van der Waals surface area contributed by atoms with Gasteiger partial charge in [0.05, 0.1) is 0 Å². The fraction of sp³-hybridized carbons (Fsp3) is 0.318. The lowest BCUT2D eigenvalue weighted by atomic mass is 10.1. The van der Waals surface area contributed by atoms with Crippen molar-refractivity contribution < 1.29 is 13.7 Å². The normalized spacial score (nSPS) is 15.3. The highest BCUT2D eigenvalue weighted by atomic mass is 19.1. The second kappa shape index (κ2) is 8.53. The lowest BCUT2D eigenvalue weighted by molar-refractivity contribution is 0.0761. The van der Waals surface area contributed by atoms with Gasteiger partial charge in [-0.2, -0.15) is 4.98 Å². The van der Waals surface area contributed by atoms with Crippen LogP contribution in [0.1, 0.15) is 28.2 Å². The Bertz CT molecular complexity index is 969. The molecule has 1 aliphatic heterocycles. The minimum absolute atomic E-state index is 0.0295. The van der Waals surface area contributed by atoms with Gasteiger partial charge in [-0.3, -0.25) is 9.69 Å². The molecule has 0 atom stereocenters. The van der Waals surface area contributed by atoms with E-state index in [0.717, 1.165) is 43.7 Å². The van der Waals surface area contributed by atoms with Gasteiger partial charge in [0.15, 0.2) is 5.82 Å². The second-order valence-electron chi connectivity index (χ2n) is 7.27. The van der Waals surface area contributed by atoms with Crippen LogP contribution in [0.2, 0.25) is 0 Å². The third-order valence-electron chi connectivity index (χ3n) is 5.10. The number of aryl methyl sites for hydroxylation is 1. The molecule has 0 aliphatic carbocycles. The van der Waals surface area contributed by atoms with Crippen LogP contribution in [-0.2, 0) is 6.54 Å². The Balaban J connectivity index is 1.37. The van der Waals surface area contributed by atoms with Crippen LogP contribution in [0.25, 0.3) is 11.5 Å². The molecule has 0 unspecified atom stereocenters. The molecule has 0 saturated carbocycles. The number of hydrogen-bond acceptors (Lipinski definition) is 5. The highest BCUT2D eigenvalue weighted by Crippen LogP contribution is 2.19. The van der Waals surface area contributed by atoms with Crippen molar-refractivity contribution >= 4 is 5.91 Å². The lowest BCUT2D eigenvalue weighted by Gasteiger charge is -2.22. The molecular formula is C22H23FN4O2. The Kier molecular flexibility index (Phi) is 5.67. The molecule has 2 heterocycles. The fourth-order valence-corrected chi connectivity index (χ4v) is 3.53. The van der Waals surface area contributed by atoms with Crippen LogP contribution in [0.15, 0.2) is 53.1 Å². The van der Waals surface area contributed by atoms with E-state index in [4.69, 9.17) is 4.52 Å². The van der Waals surface area contributed by atoms with E-state index in [9.17, 15) is 9.18 Å². The van der Waals surface area contributed by atoms with Crippen molar-refractivity contribution in [2.24, 2.45) is 0 Å². The topological polar surface area (TPSA) is 62.5 Å². The summed E-state index contributed by atoms with van der Waals surface area (Å²) in [6, 6.07) is 13.9. The zero-order valence-electron chi connectivity index (χ0n) is 16.3. The van der Waals surface area contributed by atoms with Crippen LogP contribution in [0, 0.1) is 12.7 Å². The summed E-state index contributed by atoms with van der Waals surface area (Å²) in [5.74, 6) is 0.839. The molecule has 150 valence electrons. The summed E-state index contributed by atoms with van der Waals surface area (Å²) in [6.45, 7) is 5.64. The Morgan fingerprint density at radius 1 is 1.03 bits per heavy atom. The number of carbonyl (C=O) groups excluding carboxylic acids is 1. The Labute approximate surface area is 168 Å². The number of halogens is 1. The molecule has 1 fully saturated rings. The van der Waals surface area contributed by atoms with Crippen molar-refractivity contribution in [3.8, 4) is 11.5 Å². The quantitative estimate of drug-likeness (QED) is 0.677. The number of benzene rings is 2. The van der Waals surface area contributed by atoms with Crippen molar-refractivity contribution in [1.29, 1.82) is 0 Å². The van der Waals surface area contributed by atoms with Crippen molar-refractivity contribution in [2.45, 2.75) is 19.9 Å². The first-order valence-corrected chi connectivity index (χ1v) is 9.75. The maximum Gasteiger partial charge on any atom is 0.257 e. The van der Waals surface area contributed by atoms with Gasteiger partial charge in [0.1, 0.15) is 5.82 Å². The molecule has 1 saturated heterocycles. The maximum atomic E-state index is 13.1. The van der Waals surface area contributed by atoms with Crippen LogP contribution < -0.4 is 0 Å². The molecule has 0 N–H and O–H groups in total. The third kappa shape index (κ3) is 4.68. The number of hydrogen-bond donors (Lipinski definition) is 0. The van der Waals surface area contributed by atoms with Gasteiger partial charge in [0, 0.05) is 43.9 Å². The van der Waals surface area contributed by atoms with Gasteiger partial charge < -0.3 is 9.42 Å². The van der Waals surface area contributed by atoms with Gasteiger partial charge in [0.2, 0.25) is 0 Å². The minimum atomic E-state index is -0.221. The second-order valence-corrected chi connectivity index (χ2v) is 7.27. The smallest absolute Gasteiger partial charge is 0.257 e. The summed E-state index contributed by atoms with van der Waals surface area (Å²) < 4.78 is 18.3. The maximum absolute atomic E-state index is 13.1. The van der Waals surface area contributed by atoms with Gasteiger partial charge in [-0.15, -0.1) is 0 Å². The van der Waals surface area contributed by atoms with Crippen LogP contribution in [-0.4, -0.2) is 52.0 Å². The molecule has 3 aromatic rings. The molecule has 0 radical (unpaired) electrons. The zero-order valence-corrected chi connectivity index (χ0v) is 16.3. The van der Waals surface area contributed by atoms with E-state index in [1.165, 1.54) is 12.1 Å². The van der Waals surface area contributed by atoms with Crippen molar-refractivity contribution in [1.82, 2.24) is 19.9 Å². The average Bonchev–Trinajstić information content (AvgIpc) is 3.04. The van der Waals surface area contributed by atoms with Crippen LogP contribution in [0.4, 0.5) is 4.39 Å². The third-order valence-corrected chi connectivity index (χ3v) is 5.10. The fourth-order valence-electron chi connectivity index (χ4n) is 3.53. The molecular weight excluding hydrogens is 371 g/mol. The predicted octanol–water partition coefficient (Wildman–Crippen LogP) is 3.53. The number of aromatic nitrogens is 2. The molecule has 2 aromatic carbocycles. The van der Waals surface area contributed by atoms with Gasteiger partial charge in [-0.05, 0) is 55.3 Å². The van der Waals surface area contributed by atoms with E-state index < -0.39 is 0 Å². The van der Waals surface area contributed by atoms with Gasteiger partial charge >= 0.3 is 0 Å². The van der Waals surface area contributed by atoms with E-state index >= 15 is 0 Å². The first kappa shape index (κ1) is 19.3. The molecule has 29 heavy (non-hydrogen) atoms. The SMILES string of the molecule is Cc1noc(-c2ccc(C(=O)N3CCCN(Cc4ccc(F)cc4)CC3)cc2)n1. The average molecular weight is 394 g/mol. The summed E-state index contributed by atoms with van der Waals surface area (Å²) in [4.78, 5) is 21.3. The molecule has 4 rings (SSSR count). The molecule has 1 amide bonds. The minimum Gasteiger partial charge on any atom is -0.337 e. The van der Waals surface area contributed by atoms with E-state index in [1.807, 2.05) is 29.2 Å². The summed E-state index contributed by atoms with van der Waals surface area (Å²) >= 11 is 0. The predicted molar refractivity (Wildman–Crippen MR) is 107 cm³/mol. The van der Waals surface area contributed by atoms with Crippen molar-refractivity contribution in [3.63, 3.8) is 0 Å². The number of carbonyl (C=O) groups is 1. The molecule has 0 spiro atoms. The molecule has 1 aliphatic rings. The van der Waals surface area contributed by atoms with Gasteiger partial charge in [0.25, 0.3) is 11.8 Å². The summed E-state index contributed by atoms with van der Waals surface area (Å²) in [5.41, 5.74) is 2.53. The van der Waals surface area contributed by atoms with Gasteiger partial charge in [-0.1, -0.05) is 17.3 Å². The Morgan fingerprint density at radius 2 is 1.79 bits per heavy atom. The Hall–Kier alpha value is -3.06. The highest BCUT2D eigenvalue weighted by Gasteiger charge is 2.20. The lowest BCUT2D eigenvalue weighted by Crippen LogP contribution is -2.35. The zero-order chi connectivity index (χ0) is 20.2. The monoisotopic (exact) mass is 394 g/mol. The molecule has 7 heteroatoms. The first-order chi connectivity index (χ1) is 14.1.